The lowest BCUT2D eigenvalue weighted by molar-refractivity contribution is -0.149. The van der Waals surface area contributed by atoms with Crippen LogP contribution in [0.3, 0.4) is 0 Å². The number of ether oxygens (including phenoxy) is 2. The van der Waals surface area contributed by atoms with Crippen molar-refractivity contribution in [1.29, 1.82) is 0 Å². The Labute approximate surface area is 162 Å². The Morgan fingerprint density at radius 1 is 1.37 bits per heavy atom. The lowest BCUT2D eigenvalue weighted by Gasteiger charge is -2.34. The van der Waals surface area contributed by atoms with Crippen molar-refractivity contribution in [2.75, 3.05) is 39.9 Å². The molecule has 1 fully saturated rings. The van der Waals surface area contributed by atoms with Gasteiger partial charge in [0.2, 0.25) is 0 Å². The van der Waals surface area contributed by atoms with Gasteiger partial charge in [-0.2, -0.15) is 0 Å². The van der Waals surface area contributed by atoms with Crippen LogP contribution in [0.15, 0.2) is 35.3 Å². The third-order valence-corrected chi connectivity index (χ3v) is 4.79. The predicted molar refractivity (Wildman–Crippen MR) is 108 cm³/mol. The standard InChI is InChI=1S/C21H33N3O3/c1-4-26-20(25)19-12-8-14-24(16-19)21(22-3)23-13-9-15-27-17(2)18-10-6-5-7-11-18/h5-7,10-11,17,19H,4,8-9,12-16H2,1-3H3,(H,22,23). The van der Waals surface area contributed by atoms with Crippen LogP contribution in [0.4, 0.5) is 0 Å². The van der Waals surface area contributed by atoms with Crippen molar-refractivity contribution in [1.82, 2.24) is 10.2 Å². The van der Waals surface area contributed by atoms with Crippen LogP contribution in [0.25, 0.3) is 0 Å². The number of nitrogens with one attached hydrogen (secondary N) is 1. The number of rotatable bonds is 8. The Balaban J connectivity index is 1.70. The van der Waals surface area contributed by atoms with E-state index in [1.807, 2.05) is 25.1 Å². The molecule has 0 aliphatic carbocycles. The number of esters is 1. The predicted octanol–water partition coefficient (Wildman–Crippen LogP) is 3.00. The summed E-state index contributed by atoms with van der Waals surface area (Å²) in [6, 6.07) is 10.2. The zero-order valence-electron chi connectivity index (χ0n) is 16.8. The van der Waals surface area contributed by atoms with Crippen molar-refractivity contribution < 1.29 is 14.3 Å². The summed E-state index contributed by atoms with van der Waals surface area (Å²) in [5.41, 5.74) is 1.19. The molecule has 1 aromatic carbocycles. The van der Waals surface area contributed by atoms with Gasteiger partial charge in [0.25, 0.3) is 0 Å². The number of benzene rings is 1. The number of carbonyl (C=O) groups excluding carboxylic acids is 1. The highest BCUT2D eigenvalue weighted by atomic mass is 16.5. The smallest absolute Gasteiger partial charge is 0.310 e. The highest BCUT2D eigenvalue weighted by Crippen LogP contribution is 2.18. The molecule has 6 heteroatoms. The summed E-state index contributed by atoms with van der Waals surface area (Å²) in [6.07, 6.45) is 2.85. The largest absolute Gasteiger partial charge is 0.466 e. The van der Waals surface area contributed by atoms with Gasteiger partial charge in [-0.05, 0) is 38.7 Å². The zero-order chi connectivity index (χ0) is 19.5. The fourth-order valence-electron chi connectivity index (χ4n) is 3.31. The van der Waals surface area contributed by atoms with Crippen LogP contribution < -0.4 is 5.32 Å². The molecule has 2 unspecified atom stereocenters. The van der Waals surface area contributed by atoms with E-state index < -0.39 is 0 Å². The Morgan fingerprint density at radius 2 is 2.15 bits per heavy atom. The number of piperidine rings is 1. The van der Waals surface area contributed by atoms with Gasteiger partial charge in [0, 0.05) is 33.3 Å². The first-order valence-electron chi connectivity index (χ1n) is 9.94. The second-order valence-corrected chi connectivity index (χ2v) is 6.79. The van der Waals surface area contributed by atoms with Gasteiger partial charge >= 0.3 is 5.97 Å². The van der Waals surface area contributed by atoms with Crippen LogP contribution >= 0.6 is 0 Å². The van der Waals surface area contributed by atoms with E-state index in [0.29, 0.717) is 19.8 Å². The fourth-order valence-corrected chi connectivity index (χ4v) is 3.31. The van der Waals surface area contributed by atoms with E-state index in [-0.39, 0.29) is 18.0 Å². The van der Waals surface area contributed by atoms with Crippen molar-refractivity contribution in [3.05, 3.63) is 35.9 Å². The molecular formula is C21H33N3O3. The van der Waals surface area contributed by atoms with Gasteiger partial charge in [-0.25, -0.2) is 0 Å². The number of hydrogen-bond acceptors (Lipinski definition) is 4. The second kappa shape index (κ2) is 11.6. The molecule has 1 aliphatic heterocycles. The van der Waals surface area contributed by atoms with E-state index in [2.05, 4.69) is 34.3 Å². The van der Waals surface area contributed by atoms with Gasteiger partial charge in [-0.1, -0.05) is 30.3 Å². The fraction of sp³-hybridized carbons (Fsp3) is 0.619. The van der Waals surface area contributed by atoms with Gasteiger partial charge in [0.05, 0.1) is 18.6 Å². The average Bonchev–Trinajstić information content (AvgIpc) is 2.71. The van der Waals surface area contributed by atoms with Crippen LogP contribution in [-0.4, -0.2) is 56.7 Å². The van der Waals surface area contributed by atoms with Gasteiger partial charge in [0.15, 0.2) is 5.96 Å². The van der Waals surface area contributed by atoms with Gasteiger partial charge < -0.3 is 19.7 Å². The van der Waals surface area contributed by atoms with Gasteiger partial charge in [-0.15, -0.1) is 0 Å². The normalized spacial score (nSPS) is 18.9. The minimum Gasteiger partial charge on any atom is -0.466 e. The Hall–Kier alpha value is -2.08. The molecule has 1 aliphatic rings. The van der Waals surface area contributed by atoms with Crippen molar-refractivity contribution in [2.24, 2.45) is 10.9 Å². The number of hydrogen-bond donors (Lipinski definition) is 1. The molecule has 6 nitrogen and oxygen atoms in total. The molecular weight excluding hydrogens is 342 g/mol. The van der Waals surface area contributed by atoms with Gasteiger partial charge in [-0.3, -0.25) is 9.79 Å². The number of carbonyl (C=O) groups is 1. The third kappa shape index (κ3) is 6.86. The molecule has 150 valence electrons. The number of aliphatic imine (C=N–C) groups is 1. The Morgan fingerprint density at radius 3 is 2.85 bits per heavy atom. The summed E-state index contributed by atoms with van der Waals surface area (Å²) >= 11 is 0. The van der Waals surface area contributed by atoms with Crippen molar-refractivity contribution in [3.8, 4) is 0 Å². The van der Waals surface area contributed by atoms with E-state index in [1.54, 1.807) is 7.05 Å². The van der Waals surface area contributed by atoms with E-state index >= 15 is 0 Å². The summed E-state index contributed by atoms with van der Waals surface area (Å²) in [5, 5.41) is 3.39. The molecule has 1 aromatic rings. The quantitative estimate of drug-likeness (QED) is 0.328. The maximum absolute atomic E-state index is 12.0. The minimum atomic E-state index is -0.0963. The lowest BCUT2D eigenvalue weighted by Crippen LogP contribution is -2.48. The zero-order valence-corrected chi connectivity index (χ0v) is 16.8. The molecule has 0 bridgehead atoms. The molecule has 1 heterocycles. The number of guanidine groups is 1. The summed E-state index contributed by atoms with van der Waals surface area (Å²) in [6.45, 7) is 7.41. The Kier molecular flexibility index (Phi) is 9.11. The second-order valence-electron chi connectivity index (χ2n) is 6.79. The molecule has 2 atom stereocenters. The van der Waals surface area contributed by atoms with E-state index in [1.165, 1.54) is 5.56 Å². The molecule has 1 N–H and O–H groups in total. The summed E-state index contributed by atoms with van der Waals surface area (Å²) in [5.74, 6) is 0.688. The molecule has 0 spiro atoms. The maximum Gasteiger partial charge on any atom is 0.310 e. The molecule has 0 amide bonds. The molecule has 1 saturated heterocycles. The van der Waals surface area contributed by atoms with Crippen LogP contribution in [-0.2, 0) is 14.3 Å². The highest BCUT2D eigenvalue weighted by molar-refractivity contribution is 5.81. The Bertz CT molecular complexity index is 592. The molecule has 0 saturated carbocycles. The van der Waals surface area contributed by atoms with E-state index in [4.69, 9.17) is 9.47 Å². The number of likely N-dealkylation sites (tertiary alicyclic amines) is 1. The lowest BCUT2D eigenvalue weighted by atomic mass is 9.98. The summed E-state index contributed by atoms with van der Waals surface area (Å²) < 4.78 is 11.1. The van der Waals surface area contributed by atoms with Crippen molar-refractivity contribution >= 4 is 11.9 Å². The summed E-state index contributed by atoms with van der Waals surface area (Å²) in [7, 11) is 1.78. The van der Waals surface area contributed by atoms with Gasteiger partial charge in [0.1, 0.15) is 0 Å². The van der Waals surface area contributed by atoms with Crippen molar-refractivity contribution in [3.63, 3.8) is 0 Å². The molecule has 0 radical (unpaired) electrons. The first-order valence-corrected chi connectivity index (χ1v) is 9.94. The highest BCUT2D eigenvalue weighted by Gasteiger charge is 2.28. The van der Waals surface area contributed by atoms with Crippen LogP contribution in [0.5, 0.6) is 0 Å². The van der Waals surface area contributed by atoms with Crippen LogP contribution in [0, 0.1) is 5.92 Å². The number of nitrogens with zero attached hydrogens (tertiary/aromatic N) is 2. The minimum absolute atomic E-state index is 0.0627. The molecule has 27 heavy (non-hydrogen) atoms. The first-order chi connectivity index (χ1) is 13.2. The van der Waals surface area contributed by atoms with E-state index in [9.17, 15) is 4.79 Å². The summed E-state index contributed by atoms with van der Waals surface area (Å²) in [4.78, 5) is 18.5. The van der Waals surface area contributed by atoms with Crippen molar-refractivity contribution in [2.45, 2.75) is 39.2 Å². The average molecular weight is 376 g/mol. The molecule has 2 rings (SSSR count). The topological polar surface area (TPSA) is 63.2 Å². The van der Waals surface area contributed by atoms with Crippen LogP contribution in [0.1, 0.15) is 44.8 Å². The van der Waals surface area contributed by atoms with E-state index in [0.717, 1.165) is 38.3 Å². The van der Waals surface area contributed by atoms with Crippen LogP contribution in [0.2, 0.25) is 0 Å². The molecule has 0 aromatic heterocycles. The third-order valence-electron chi connectivity index (χ3n) is 4.79. The maximum atomic E-state index is 12.0. The monoisotopic (exact) mass is 375 g/mol. The first kappa shape index (κ1) is 21.2. The SMILES string of the molecule is CCOC(=O)C1CCCN(C(=NC)NCCCOC(C)c2ccccc2)C1.